The van der Waals surface area contributed by atoms with Crippen molar-refractivity contribution in [3.8, 4) is 0 Å². The SMILES string of the molecule is CC1Cc2c1c1c([cH-]c3cccc(C4=CC=CC4)c31)c1ccccc21.[Cl-].[Cl-].[Zr+3]. The smallest absolute Gasteiger partial charge is 1.00 e. The maximum atomic E-state index is 2.42. The molecule has 137 valence electrons. The van der Waals surface area contributed by atoms with Gasteiger partial charge in [0.2, 0.25) is 0 Å². The number of allylic oxidation sites excluding steroid dienone is 4. The number of fused-ring (bicyclic) bond motifs is 8. The molecule has 0 nitrogen and oxygen atoms in total. The Kier molecular flexibility index (Phi) is 6.02. The average molecular weight is 482 g/mol. The maximum absolute atomic E-state index is 2.42. The molecule has 0 fully saturated rings. The van der Waals surface area contributed by atoms with Gasteiger partial charge < -0.3 is 24.8 Å². The van der Waals surface area contributed by atoms with E-state index in [1.54, 1.807) is 11.1 Å². The van der Waals surface area contributed by atoms with E-state index in [9.17, 15) is 0 Å². The second-order valence-corrected chi connectivity index (χ2v) is 7.57. The van der Waals surface area contributed by atoms with E-state index in [1.807, 2.05) is 0 Å². The summed E-state index contributed by atoms with van der Waals surface area (Å²) in [5.41, 5.74) is 6.06. The van der Waals surface area contributed by atoms with E-state index in [2.05, 4.69) is 73.7 Å². The molecule has 0 spiro atoms. The van der Waals surface area contributed by atoms with E-state index in [0.29, 0.717) is 5.92 Å². The molecule has 2 aliphatic carbocycles. The topological polar surface area (TPSA) is 0 Å². The molecule has 0 N–H and O–H groups in total. The van der Waals surface area contributed by atoms with Crippen molar-refractivity contribution in [2.45, 2.75) is 25.7 Å². The van der Waals surface area contributed by atoms with E-state index < -0.39 is 0 Å². The Morgan fingerprint density at radius 1 is 0.929 bits per heavy atom. The Hall–Kier alpha value is -1.27. The summed E-state index contributed by atoms with van der Waals surface area (Å²) < 4.78 is 0. The van der Waals surface area contributed by atoms with Crippen LogP contribution in [0.15, 0.2) is 66.8 Å². The zero-order valence-corrected chi connectivity index (χ0v) is 19.6. The fourth-order valence-corrected chi connectivity index (χ4v) is 5.06. The Bertz CT molecular complexity index is 1260. The van der Waals surface area contributed by atoms with Crippen molar-refractivity contribution in [1.82, 2.24) is 0 Å². The Balaban J connectivity index is 0.000000750. The Morgan fingerprint density at radius 3 is 2.43 bits per heavy atom. The number of rotatable bonds is 1. The van der Waals surface area contributed by atoms with Crippen LogP contribution in [-0.4, -0.2) is 0 Å². The Labute approximate surface area is 197 Å². The molecule has 6 rings (SSSR count). The number of halogens is 2. The first kappa shape index (κ1) is 21.4. The summed E-state index contributed by atoms with van der Waals surface area (Å²) in [5.74, 6) is 0.663. The van der Waals surface area contributed by atoms with Crippen LogP contribution in [0.2, 0.25) is 0 Å². The second-order valence-electron chi connectivity index (χ2n) is 7.57. The van der Waals surface area contributed by atoms with Crippen molar-refractivity contribution in [2.24, 2.45) is 0 Å². The minimum atomic E-state index is 0. The molecule has 3 heteroatoms. The zero-order valence-electron chi connectivity index (χ0n) is 15.6. The molecule has 2 aliphatic rings. The van der Waals surface area contributed by atoms with Crippen molar-refractivity contribution >= 4 is 37.9 Å². The van der Waals surface area contributed by atoms with Crippen LogP contribution < -0.4 is 24.8 Å². The first-order valence-corrected chi connectivity index (χ1v) is 9.24. The molecule has 4 aromatic rings. The number of hydrogen-bond acceptors (Lipinski definition) is 0. The monoisotopic (exact) mass is 479 g/mol. The summed E-state index contributed by atoms with van der Waals surface area (Å²) in [6.45, 7) is 2.38. The second kappa shape index (κ2) is 7.87. The molecule has 0 aromatic heterocycles. The van der Waals surface area contributed by atoms with Crippen LogP contribution in [0.3, 0.4) is 0 Å². The standard InChI is InChI=1S/C25H19.2ClH.Zr/c1-15-13-21-19-10-4-5-11-20(19)22-14-17-9-6-12-18(16-7-2-3-8-16)24(17)25(22)23(15)21;;;/h2-7,9-12,14-15H,8,13H2,1H3;2*1H;/q-1;;;+3/p-2. The van der Waals surface area contributed by atoms with Crippen LogP contribution in [0.5, 0.6) is 0 Å². The van der Waals surface area contributed by atoms with Gasteiger partial charge in [-0.05, 0) is 29.7 Å². The minimum Gasteiger partial charge on any atom is -1.00 e. The largest absolute Gasteiger partial charge is 3.00 e. The molecule has 0 aliphatic heterocycles. The van der Waals surface area contributed by atoms with Gasteiger partial charge >= 0.3 is 26.2 Å². The van der Waals surface area contributed by atoms with Gasteiger partial charge in [0, 0.05) is 0 Å². The van der Waals surface area contributed by atoms with Crippen LogP contribution >= 0.6 is 0 Å². The van der Waals surface area contributed by atoms with Crippen molar-refractivity contribution in [3.05, 3.63) is 83.4 Å². The van der Waals surface area contributed by atoms with Gasteiger partial charge in [-0.1, -0.05) is 83.6 Å². The minimum absolute atomic E-state index is 0. The molecule has 0 heterocycles. The summed E-state index contributed by atoms with van der Waals surface area (Å²) >= 11 is 0. The van der Waals surface area contributed by atoms with Crippen molar-refractivity contribution in [3.63, 3.8) is 0 Å². The van der Waals surface area contributed by atoms with Crippen molar-refractivity contribution in [2.75, 3.05) is 0 Å². The summed E-state index contributed by atoms with van der Waals surface area (Å²) in [6, 6.07) is 18.2. The number of hydrogen-bond donors (Lipinski definition) is 0. The summed E-state index contributed by atoms with van der Waals surface area (Å²) in [5, 5.41) is 8.70. The van der Waals surface area contributed by atoms with Gasteiger partial charge in [0.25, 0.3) is 0 Å². The molecule has 1 unspecified atom stereocenters. The van der Waals surface area contributed by atoms with Crippen molar-refractivity contribution < 1.29 is 51.0 Å². The number of benzene rings is 3. The Morgan fingerprint density at radius 2 is 1.71 bits per heavy atom. The van der Waals surface area contributed by atoms with Crippen LogP contribution in [0, 0.1) is 0 Å². The van der Waals surface area contributed by atoms with E-state index in [0.717, 1.165) is 6.42 Å². The molecule has 0 amide bonds. The molecular formula is C25H19Cl2Zr. The maximum Gasteiger partial charge on any atom is 3.00 e. The molecule has 0 bridgehead atoms. The normalized spacial score (nSPS) is 16.8. The fraction of sp³-hybridized carbons (Fsp3) is 0.160. The third-order valence-electron chi connectivity index (χ3n) is 6.17. The van der Waals surface area contributed by atoms with Gasteiger partial charge in [0.1, 0.15) is 0 Å². The summed E-state index contributed by atoms with van der Waals surface area (Å²) in [7, 11) is 0. The third-order valence-corrected chi connectivity index (χ3v) is 6.17. The molecule has 4 aromatic carbocycles. The summed E-state index contributed by atoms with van der Waals surface area (Å²) in [6.07, 6.45) is 9.00. The molecule has 0 saturated carbocycles. The quantitative estimate of drug-likeness (QED) is 0.354. The molecule has 1 atom stereocenters. The van der Waals surface area contributed by atoms with Gasteiger partial charge in [0.15, 0.2) is 0 Å². The van der Waals surface area contributed by atoms with E-state index in [1.165, 1.54) is 49.9 Å². The first-order chi connectivity index (χ1) is 12.3. The summed E-state index contributed by atoms with van der Waals surface area (Å²) in [4.78, 5) is 0. The van der Waals surface area contributed by atoms with E-state index >= 15 is 0 Å². The molecular weight excluding hydrogens is 462 g/mol. The zero-order chi connectivity index (χ0) is 16.5. The average Bonchev–Trinajstić information content (AvgIpc) is 3.28. The van der Waals surface area contributed by atoms with Crippen molar-refractivity contribution in [1.29, 1.82) is 0 Å². The van der Waals surface area contributed by atoms with Gasteiger partial charge in [-0.25, -0.2) is 0 Å². The predicted octanol–water partition coefficient (Wildman–Crippen LogP) is 0.874. The van der Waals surface area contributed by atoms with Gasteiger partial charge in [-0.15, -0.1) is 33.7 Å². The fourth-order valence-electron chi connectivity index (χ4n) is 5.06. The van der Waals surface area contributed by atoms with Gasteiger partial charge in [-0.2, -0.15) is 0 Å². The van der Waals surface area contributed by atoms with Crippen LogP contribution in [0.1, 0.15) is 36.0 Å². The third kappa shape index (κ3) is 2.78. The van der Waals surface area contributed by atoms with Crippen LogP contribution in [0.25, 0.3) is 37.9 Å². The van der Waals surface area contributed by atoms with Gasteiger partial charge in [0.05, 0.1) is 0 Å². The van der Waals surface area contributed by atoms with Gasteiger partial charge in [-0.3, -0.25) is 0 Å². The van der Waals surface area contributed by atoms with E-state index in [4.69, 9.17) is 0 Å². The first-order valence-electron chi connectivity index (χ1n) is 9.24. The van der Waals surface area contributed by atoms with E-state index in [-0.39, 0.29) is 51.0 Å². The van der Waals surface area contributed by atoms with Crippen LogP contribution in [0.4, 0.5) is 0 Å². The molecule has 1 radical (unpaired) electrons. The molecule has 28 heavy (non-hydrogen) atoms. The molecule has 0 saturated heterocycles. The van der Waals surface area contributed by atoms with Crippen LogP contribution in [-0.2, 0) is 32.6 Å². The predicted molar refractivity (Wildman–Crippen MR) is 108 cm³/mol.